The second kappa shape index (κ2) is 10.3. The first kappa shape index (κ1) is 25.6. The minimum Gasteiger partial charge on any atom is -0.481 e. The lowest BCUT2D eigenvalue weighted by Gasteiger charge is -2.58. The molecule has 0 aliphatic heterocycles. The Kier molecular flexibility index (Phi) is 8.48. The molecule has 0 amide bonds. The van der Waals surface area contributed by atoms with Crippen molar-refractivity contribution in [2.45, 2.75) is 92.3 Å². The minimum atomic E-state index is -1.01. The van der Waals surface area contributed by atoms with Gasteiger partial charge in [-0.2, -0.15) is 0 Å². The first-order chi connectivity index (χ1) is 14.5. The molecule has 2 aliphatic rings. The van der Waals surface area contributed by atoms with E-state index in [1.807, 2.05) is 6.92 Å². The maximum absolute atomic E-state index is 13.3. The van der Waals surface area contributed by atoms with Crippen LogP contribution in [0, 0.1) is 35.0 Å². The Hall–Kier alpha value is -1.69. The number of ether oxygens (including phenoxy) is 1. The van der Waals surface area contributed by atoms with Crippen LogP contribution in [-0.4, -0.2) is 40.1 Å². The fraction of sp³-hybridized carbons (Fsp3) is 0.800. The molecule has 0 aromatic carbocycles. The van der Waals surface area contributed by atoms with Gasteiger partial charge in [0.05, 0.1) is 12.5 Å². The minimum absolute atomic E-state index is 0.0574. The zero-order chi connectivity index (χ0) is 23.5. The molecule has 2 aliphatic carbocycles. The smallest absolute Gasteiger partial charge is 0.331 e. The lowest BCUT2D eigenvalue weighted by atomic mass is 9.47. The van der Waals surface area contributed by atoms with Crippen LogP contribution in [0.15, 0.2) is 11.6 Å². The van der Waals surface area contributed by atoms with Gasteiger partial charge in [-0.3, -0.25) is 9.59 Å². The Morgan fingerprint density at radius 1 is 1.23 bits per heavy atom. The van der Waals surface area contributed by atoms with Crippen LogP contribution in [-0.2, 0) is 19.1 Å². The fourth-order valence-electron chi connectivity index (χ4n) is 6.59. The van der Waals surface area contributed by atoms with Crippen molar-refractivity contribution < 1.29 is 29.3 Å². The van der Waals surface area contributed by atoms with Crippen LogP contribution < -0.4 is 0 Å². The van der Waals surface area contributed by atoms with Gasteiger partial charge in [0.1, 0.15) is 11.9 Å². The third-order valence-electron chi connectivity index (χ3n) is 8.09. The van der Waals surface area contributed by atoms with Crippen LogP contribution in [0.1, 0.15) is 80.1 Å². The Labute approximate surface area is 186 Å². The molecule has 0 heterocycles. The van der Waals surface area contributed by atoms with Crippen molar-refractivity contribution >= 4 is 17.7 Å². The third-order valence-corrected chi connectivity index (χ3v) is 8.09. The highest BCUT2D eigenvalue weighted by Crippen LogP contribution is 2.58. The molecule has 0 saturated heterocycles. The number of carboxylic acids is 1. The largest absolute Gasteiger partial charge is 0.481 e. The van der Waals surface area contributed by atoms with Crippen molar-refractivity contribution in [3.05, 3.63) is 11.6 Å². The Morgan fingerprint density at radius 3 is 2.42 bits per heavy atom. The third kappa shape index (κ3) is 5.21. The molecule has 0 spiro atoms. The highest BCUT2D eigenvalue weighted by atomic mass is 16.6. The molecule has 0 radical (unpaired) electrons. The van der Waals surface area contributed by atoms with Crippen LogP contribution in [0.2, 0.25) is 0 Å². The maximum Gasteiger partial charge on any atom is 0.331 e. The molecule has 0 aromatic heterocycles. The number of carbonyl (C=O) groups excluding carboxylic acids is 2. The number of rotatable bonds is 8. The summed E-state index contributed by atoms with van der Waals surface area (Å²) in [5.74, 6) is -0.529. The molecule has 2 rings (SSSR count). The topological polar surface area (TPSA) is 101 Å². The first-order valence-electron chi connectivity index (χ1n) is 11.8. The highest BCUT2D eigenvalue weighted by Gasteiger charge is 2.59. The van der Waals surface area contributed by atoms with Crippen molar-refractivity contribution in [1.82, 2.24) is 0 Å². The quantitative estimate of drug-likeness (QED) is 0.432. The molecule has 2 fully saturated rings. The average molecular weight is 437 g/mol. The SMILES string of the molecule is CCC(=O)[C@]1(C)[C@H]2[C@H](C)C[C@@H](OC(=O)/C=C(\C)CC(=O)O)C(O)[C@@H]2CC[C@@H]1[C@H](C)CC. The van der Waals surface area contributed by atoms with Crippen LogP contribution in [0.4, 0.5) is 0 Å². The van der Waals surface area contributed by atoms with Gasteiger partial charge in [-0.25, -0.2) is 4.79 Å². The van der Waals surface area contributed by atoms with Gasteiger partial charge in [0.25, 0.3) is 0 Å². The molecule has 31 heavy (non-hydrogen) atoms. The van der Waals surface area contributed by atoms with Gasteiger partial charge >= 0.3 is 11.9 Å². The zero-order valence-electron chi connectivity index (χ0n) is 19.9. The lowest BCUT2D eigenvalue weighted by molar-refractivity contribution is -0.186. The van der Waals surface area contributed by atoms with Crippen molar-refractivity contribution in [2.24, 2.45) is 35.0 Å². The number of aliphatic hydroxyl groups excluding tert-OH is 1. The standard InChI is InChI=1S/C25H40O6/c1-7-15(4)18-10-9-17-23(25(18,6)20(26)8-2)16(5)13-19(24(17)30)31-22(29)12-14(3)11-21(27)28/h12,15-19,23-24,30H,7-11,13H2,1-6H3,(H,27,28)/b14-12+/t15-,16-,17-,18-,19-,23+,24?,25-/m1/s1. The first-order valence-corrected chi connectivity index (χ1v) is 11.8. The molecule has 0 aromatic rings. The van der Waals surface area contributed by atoms with E-state index in [9.17, 15) is 19.5 Å². The lowest BCUT2D eigenvalue weighted by Crippen LogP contribution is -2.60. The van der Waals surface area contributed by atoms with E-state index in [-0.39, 0.29) is 30.0 Å². The average Bonchev–Trinajstić information content (AvgIpc) is 2.69. The molecule has 6 heteroatoms. The normalized spacial score (nSPS) is 36.9. The summed E-state index contributed by atoms with van der Waals surface area (Å²) in [5, 5.41) is 20.0. The second-order valence-corrected chi connectivity index (χ2v) is 10.1. The highest BCUT2D eigenvalue weighted by molar-refractivity contribution is 5.85. The molecular weight excluding hydrogens is 396 g/mol. The molecule has 0 bridgehead atoms. The van der Waals surface area contributed by atoms with Gasteiger partial charge in [-0.1, -0.05) is 46.6 Å². The molecule has 2 N–H and O–H groups in total. The summed E-state index contributed by atoms with van der Waals surface area (Å²) in [4.78, 5) is 36.4. The summed E-state index contributed by atoms with van der Waals surface area (Å²) >= 11 is 0. The van der Waals surface area contributed by atoms with E-state index < -0.39 is 29.6 Å². The van der Waals surface area contributed by atoms with Crippen LogP contribution in [0.25, 0.3) is 0 Å². The van der Waals surface area contributed by atoms with Crippen molar-refractivity contribution in [1.29, 1.82) is 0 Å². The van der Waals surface area contributed by atoms with Gasteiger partial charge in [0.15, 0.2) is 0 Å². The Morgan fingerprint density at radius 2 is 1.87 bits per heavy atom. The molecule has 8 atom stereocenters. The van der Waals surface area contributed by atoms with Gasteiger partial charge in [-0.15, -0.1) is 0 Å². The second-order valence-electron chi connectivity index (χ2n) is 10.1. The predicted molar refractivity (Wildman–Crippen MR) is 118 cm³/mol. The maximum atomic E-state index is 13.3. The number of esters is 1. The fourth-order valence-corrected chi connectivity index (χ4v) is 6.59. The summed E-state index contributed by atoms with van der Waals surface area (Å²) in [6.45, 7) is 12.1. The number of fused-ring (bicyclic) bond motifs is 1. The van der Waals surface area contributed by atoms with Crippen molar-refractivity contribution in [3.8, 4) is 0 Å². The number of hydrogen-bond acceptors (Lipinski definition) is 5. The number of carboxylic acid groups (broad SMARTS) is 1. The molecule has 1 unspecified atom stereocenters. The van der Waals surface area contributed by atoms with Gasteiger partial charge < -0.3 is 14.9 Å². The van der Waals surface area contributed by atoms with E-state index in [4.69, 9.17) is 9.84 Å². The summed E-state index contributed by atoms with van der Waals surface area (Å²) in [7, 11) is 0. The number of carbonyl (C=O) groups is 3. The van der Waals surface area contributed by atoms with Gasteiger partial charge in [-0.05, 0) is 55.8 Å². The summed E-state index contributed by atoms with van der Waals surface area (Å²) in [5.41, 5.74) is -0.0793. The molecular formula is C25H40O6. The number of aliphatic hydroxyl groups is 1. The summed E-state index contributed by atoms with van der Waals surface area (Å²) in [6.07, 6.45) is 3.23. The van der Waals surface area contributed by atoms with E-state index in [0.717, 1.165) is 19.3 Å². The predicted octanol–water partition coefficient (Wildman–Crippen LogP) is 4.39. The van der Waals surface area contributed by atoms with E-state index in [1.165, 1.54) is 6.08 Å². The Balaban J connectivity index is 2.26. The van der Waals surface area contributed by atoms with Crippen molar-refractivity contribution in [3.63, 3.8) is 0 Å². The van der Waals surface area contributed by atoms with Gasteiger partial charge in [0.2, 0.25) is 0 Å². The van der Waals surface area contributed by atoms with Crippen LogP contribution in [0.3, 0.4) is 0 Å². The monoisotopic (exact) mass is 436 g/mol. The summed E-state index contributed by atoms with van der Waals surface area (Å²) in [6, 6.07) is 0. The zero-order valence-corrected chi connectivity index (χ0v) is 19.9. The van der Waals surface area contributed by atoms with E-state index in [0.29, 0.717) is 30.3 Å². The van der Waals surface area contributed by atoms with Crippen molar-refractivity contribution in [2.75, 3.05) is 0 Å². The number of hydrogen-bond donors (Lipinski definition) is 2. The van der Waals surface area contributed by atoms with Crippen LogP contribution in [0.5, 0.6) is 0 Å². The molecule has 2 saturated carbocycles. The van der Waals surface area contributed by atoms with Gasteiger partial charge in [0, 0.05) is 17.9 Å². The van der Waals surface area contributed by atoms with Crippen LogP contribution >= 0.6 is 0 Å². The van der Waals surface area contributed by atoms with E-state index in [1.54, 1.807) is 6.92 Å². The molecule has 6 nitrogen and oxygen atoms in total. The Bertz CT molecular complexity index is 713. The summed E-state index contributed by atoms with van der Waals surface area (Å²) < 4.78 is 5.58. The van der Waals surface area contributed by atoms with E-state index in [2.05, 4.69) is 27.7 Å². The number of aliphatic carboxylic acids is 1. The number of ketones is 1. The molecule has 176 valence electrons. The number of Topliss-reactive ketones (excluding diaryl/α,β-unsaturated/α-hetero) is 1. The van der Waals surface area contributed by atoms with E-state index >= 15 is 0 Å².